The standard InChI is InChI=1S/C24H30N2O3/c1-24(2,3)29-23(27)26-15-13-20-21(10-7-11-22(20)26)25-14-12-19(16-25)28-17-18-8-5-4-6-9-18/h4-11,19H,12-17H2,1-3H3. The van der Waals surface area contributed by atoms with Crippen LogP contribution in [0.4, 0.5) is 16.2 Å². The van der Waals surface area contributed by atoms with E-state index in [1.165, 1.54) is 16.8 Å². The zero-order valence-corrected chi connectivity index (χ0v) is 17.6. The predicted molar refractivity (Wildman–Crippen MR) is 116 cm³/mol. The maximum Gasteiger partial charge on any atom is 0.414 e. The van der Waals surface area contributed by atoms with Gasteiger partial charge in [0, 0.05) is 30.9 Å². The Balaban J connectivity index is 1.42. The van der Waals surface area contributed by atoms with Crippen molar-refractivity contribution < 1.29 is 14.3 Å². The molecule has 2 aromatic rings. The number of amides is 1. The topological polar surface area (TPSA) is 42.0 Å². The quantitative estimate of drug-likeness (QED) is 0.748. The van der Waals surface area contributed by atoms with Crippen LogP contribution in [0.5, 0.6) is 0 Å². The highest BCUT2D eigenvalue weighted by Gasteiger charge is 2.32. The molecule has 0 aromatic heterocycles. The molecule has 5 nitrogen and oxygen atoms in total. The molecule has 2 aromatic carbocycles. The molecular weight excluding hydrogens is 364 g/mol. The average Bonchev–Trinajstić information content (AvgIpc) is 3.33. The van der Waals surface area contributed by atoms with Crippen LogP contribution < -0.4 is 9.80 Å². The molecule has 1 unspecified atom stereocenters. The van der Waals surface area contributed by atoms with E-state index in [0.29, 0.717) is 13.2 Å². The van der Waals surface area contributed by atoms with E-state index in [2.05, 4.69) is 23.1 Å². The second kappa shape index (κ2) is 8.07. The molecule has 2 aliphatic rings. The monoisotopic (exact) mass is 394 g/mol. The fourth-order valence-corrected chi connectivity index (χ4v) is 4.09. The Hall–Kier alpha value is -2.53. The summed E-state index contributed by atoms with van der Waals surface area (Å²) < 4.78 is 11.7. The van der Waals surface area contributed by atoms with Crippen molar-refractivity contribution in [1.82, 2.24) is 0 Å². The maximum atomic E-state index is 12.6. The van der Waals surface area contributed by atoms with E-state index < -0.39 is 5.60 Å². The van der Waals surface area contributed by atoms with Crippen molar-refractivity contribution in [2.45, 2.75) is 51.9 Å². The molecular formula is C24H30N2O3. The first kappa shape index (κ1) is 19.8. The first-order chi connectivity index (χ1) is 13.9. The van der Waals surface area contributed by atoms with Crippen LogP contribution in [0.3, 0.4) is 0 Å². The number of carbonyl (C=O) groups is 1. The molecule has 0 aliphatic carbocycles. The second-order valence-electron chi connectivity index (χ2n) is 8.81. The Labute approximate surface area is 173 Å². The van der Waals surface area contributed by atoms with Crippen LogP contribution in [0.15, 0.2) is 48.5 Å². The summed E-state index contributed by atoms with van der Waals surface area (Å²) in [5, 5.41) is 0. The summed E-state index contributed by atoms with van der Waals surface area (Å²) in [5.41, 5.74) is 4.15. The third kappa shape index (κ3) is 4.56. The lowest BCUT2D eigenvalue weighted by atomic mass is 10.1. The fourth-order valence-electron chi connectivity index (χ4n) is 4.09. The summed E-state index contributed by atoms with van der Waals surface area (Å²) in [7, 11) is 0. The Morgan fingerprint density at radius 2 is 1.79 bits per heavy atom. The molecule has 0 saturated carbocycles. The minimum atomic E-state index is -0.490. The van der Waals surface area contributed by atoms with Crippen molar-refractivity contribution in [2.24, 2.45) is 0 Å². The van der Waals surface area contributed by atoms with Crippen LogP contribution in [0, 0.1) is 0 Å². The summed E-state index contributed by atoms with van der Waals surface area (Å²) in [6.45, 7) is 8.88. The molecule has 5 heteroatoms. The predicted octanol–water partition coefficient (Wildman–Crippen LogP) is 4.78. The minimum absolute atomic E-state index is 0.231. The van der Waals surface area contributed by atoms with Crippen LogP contribution in [-0.4, -0.2) is 37.4 Å². The van der Waals surface area contributed by atoms with E-state index in [1.807, 2.05) is 51.1 Å². The zero-order valence-electron chi connectivity index (χ0n) is 17.6. The largest absolute Gasteiger partial charge is 0.443 e. The molecule has 2 aliphatic heterocycles. The van der Waals surface area contributed by atoms with Crippen molar-refractivity contribution in [3.8, 4) is 0 Å². The lowest BCUT2D eigenvalue weighted by Crippen LogP contribution is -2.35. The van der Waals surface area contributed by atoms with E-state index in [-0.39, 0.29) is 12.2 Å². The maximum absolute atomic E-state index is 12.6. The molecule has 0 N–H and O–H groups in total. The highest BCUT2D eigenvalue weighted by molar-refractivity contribution is 5.92. The Kier molecular flexibility index (Phi) is 5.50. The van der Waals surface area contributed by atoms with Crippen molar-refractivity contribution >= 4 is 17.5 Å². The number of fused-ring (bicyclic) bond motifs is 1. The average molecular weight is 395 g/mol. The van der Waals surface area contributed by atoms with Crippen molar-refractivity contribution in [3.63, 3.8) is 0 Å². The van der Waals surface area contributed by atoms with E-state index in [0.717, 1.165) is 31.6 Å². The lowest BCUT2D eigenvalue weighted by molar-refractivity contribution is 0.0553. The van der Waals surface area contributed by atoms with Gasteiger partial charge in [0.15, 0.2) is 0 Å². The summed E-state index contributed by atoms with van der Waals surface area (Å²) >= 11 is 0. The Morgan fingerprint density at radius 1 is 1.03 bits per heavy atom. The number of nitrogens with zero attached hydrogens (tertiary/aromatic N) is 2. The van der Waals surface area contributed by atoms with Gasteiger partial charge in [-0.05, 0) is 51.3 Å². The van der Waals surface area contributed by atoms with Crippen LogP contribution in [0.1, 0.15) is 38.3 Å². The fraction of sp³-hybridized carbons (Fsp3) is 0.458. The van der Waals surface area contributed by atoms with Crippen molar-refractivity contribution in [2.75, 3.05) is 29.4 Å². The van der Waals surface area contributed by atoms with Gasteiger partial charge < -0.3 is 14.4 Å². The van der Waals surface area contributed by atoms with Gasteiger partial charge in [-0.1, -0.05) is 36.4 Å². The lowest BCUT2D eigenvalue weighted by Gasteiger charge is -2.25. The van der Waals surface area contributed by atoms with E-state index in [4.69, 9.17) is 9.47 Å². The van der Waals surface area contributed by atoms with Gasteiger partial charge in [0.1, 0.15) is 5.60 Å². The number of carbonyl (C=O) groups excluding carboxylic acids is 1. The number of hydrogen-bond acceptors (Lipinski definition) is 4. The van der Waals surface area contributed by atoms with Crippen LogP contribution >= 0.6 is 0 Å². The molecule has 0 bridgehead atoms. The van der Waals surface area contributed by atoms with E-state index in [9.17, 15) is 4.79 Å². The van der Waals surface area contributed by atoms with Gasteiger partial charge in [0.2, 0.25) is 0 Å². The van der Waals surface area contributed by atoms with Crippen LogP contribution in [0.2, 0.25) is 0 Å². The van der Waals surface area contributed by atoms with E-state index >= 15 is 0 Å². The number of anilines is 2. The third-order valence-electron chi connectivity index (χ3n) is 5.43. The van der Waals surface area contributed by atoms with Gasteiger partial charge in [-0.25, -0.2) is 4.79 Å². The van der Waals surface area contributed by atoms with Gasteiger partial charge in [0.25, 0.3) is 0 Å². The van der Waals surface area contributed by atoms with Crippen LogP contribution in [0.25, 0.3) is 0 Å². The van der Waals surface area contributed by atoms with Gasteiger partial charge in [-0.3, -0.25) is 4.90 Å². The summed E-state index contributed by atoms with van der Waals surface area (Å²) in [6.07, 6.45) is 1.84. The highest BCUT2D eigenvalue weighted by Crippen LogP contribution is 2.37. The third-order valence-corrected chi connectivity index (χ3v) is 5.43. The first-order valence-corrected chi connectivity index (χ1v) is 10.4. The number of ether oxygens (including phenoxy) is 2. The van der Waals surface area contributed by atoms with Gasteiger partial charge in [0.05, 0.1) is 18.4 Å². The molecule has 4 rings (SSSR count). The SMILES string of the molecule is CC(C)(C)OC(=O)N1CCc2c(N3CCC(OCc4ccccc4)C3)cccc21. The molecule has 1 saturated heterocycles. The summed E-state index contributed by atoms with van der Waals surface area (Å²) in [6, 6.07) is 16.5. The van der Waals surface area contributed by atoms with Crippen molar-refractivity contribution in [1.29, 1.82) is 0 Å². The number of rotatable bonds is 4. The van der Waals surface area contributed by atoms with Crippen LogP contribution in [-0.2, 0) is 22.5 Å². The zero-order chi connectivity index (χ0) is 20.4. The minimum Gasteiger partial charge on any atom is -0.443 e. The van der Waals surface area contributed by atoms with Gasteiger partial charge in [-0.15, -0.1) is 0 Å². The van der Waals surface area contributed by atoms with Gasteiger partial charge in [-0.2, -0.15) is 0 Å². The Bertz CT molecular complexity index is 860. The molecule has 2 heterocycles. The molecule has 0 spiro atoms. The molecule has 1 atom stereocenters. The van der Waals surface area contributed by atoms with E-state index in [1.54, 1.807) is 4.90 Å². The number of benzene rings is 2. The van der Waals surface area contributed by atoms with Crippen molar-refractivity contribution in [3.05, 3.63) is 59.7 Å². The second-order valence-corrected chi connectivity index (χ2v) is 8.81. The normalized spacial score (nSPS) is 18.8. The molecule has 154 valence electrons. The molecule has 29 heavy (non-hydrogen) atoms. The number of hydrogen-bond donors (Lipinski definition) is 0. The molecule has 1 amide bonds. The van der Waals surface area contributed by atoms with Gasteiger partial charge >= 0.3 is 6.09 Å². The first-order valence-electron chi connectivity index (χ1n) is 10.4. The molecule has 0 radical (unpaired) electrons. The summed E-state index contributed by atoms with van der Waals surface area (Å²) in [4.78, 5) is 16.8. The highest BCUT2D eigenvalue weighted by atomic mass is 16.6. The smallest absolute Gasteiger partial charge is 0.414 e. The summed E-state index contributed by atoms with van der Waals surface area (Å²) in [5.74, 6) is 0. The Morgan fingerprint density at radius 3 is 2.55 bits per heavy atom. The molecule has 1 fully saturated rings.